The fourth-order valence-electron chi connectivity index (χ4n) is 2.87. The van der Waals surface area contributed by atoms with Crippen LogP contribution in [0.4, 0.5) is 0 Å². The minimum atomic E-state index is -0.235. The molecule has 1 aromatic carbocycles. The summed E-state index contributed by atoms with van der Waals surface area (Å²) in [5, 5.41) is 10.7. The molecule has 2 N–H and O–H groups in total. The second-order valence-electron chi connectivity index (χ2n) is 6.15. The van der Waals surface area contributed by atoms with Gasteiger partial charge in [0.1, 0.15) is 0 Å². The molecule has 0 saturated heterocycles. The summed E-state index contributed by atoms with van der Waals surface area (Å²) >= 11 is 1.69. The molecule has 1 unspecified atom stereocenters. The molecule has 0 spiro atoms. The zero-order valence-corrected chi connectivity index (χ0v) is 15.7. The van der Waals surface area contributed by atoms with E-state index in [1.165, 1.54) is 10.5 Å². The van der Waals surface area contributed by atoms with E-state index in [2.05, 4.69) is 39.4 Å². The van der Waals surface area contributed by atoms with E-state index >= 15 is 0 Å². The minimum Gasteiger partial charge on any atom is -0.356 e. The summed E-state index contributed by atoms with van der Waals surface area (Å²) < 4.78 is 0. The van der Waals surface area contributed by atoms with Crippen molar-refractivity contribution >= 4 is 29.1 Å². The van der Waals surface area contributed by atoms with Gasteiger partial charge in [-0.15, -0.1) is 0 Å². The number of carbonyl (C=O) groups excluding carboxylic acids is 2. The summed E-state index contributed by atoms with van der Waals surface area (Å²) in [4.78, 5) is 30.1. The first kappa shape index (κ1) is 18.1. The zero-order valence-electron chi connectivity index (χ0n) is 14.9. The fraction of sp³-hybridized carbons (Fsp3) is 0.316. The number of hydrogen-bond acceptors (Lipinski definition) is 4. The third kappa shape index (κ3) is 3.77. The van der Waals surface area contributed by atoms with Crippen molar-refractivity contribution in [3.63, 3.8) is 0 Å². The van der Waals surface area contributed by atoms with Crippen LogP contribution >= 0.6 is 11.3 Å². The largest absolute Gasteiger partial charge is 0.356 e. The lowest BCUT2D eigenvalue weighted by atomic mass is 10.1. The van der Waals surface area contributed by atoms with Crippen LogP contribution in [0.5, 0.6) is 0 Å². The van der Waals surface area contributed by atoms with E-state index in [-0.39, 0.29) is 11.8 Å². The molecule has 2 aromatic rings. The van der Waals surface area contributed by atoms with E-state index in [9.17, 15) is 9.59 Å². The van der Waals surface area contributed by atoms with E-state index in [1.807, 2.05) is 0 Å². The van der Waals surface area contributed by atoms with E-state index in [1.54, 1.807) is 42.6 Å². The topological polar surface area (TPSA) is 73.8 Å². The number of nitrogens with zero attached hydrogens (tertiary/aromatic N) is 2. The van der Waals surface area contributed by atoms with E-state index in [0.29, 0.717) is 36.1 Å². The number of amides is 2. The van der Waals surface area contributed by atoms with Crippen molar-refractivity contribution in [1.82, 2.24) is 15.5 Å². The molecule has 1 aromatic heterocycles. The first-order valence-corrected chi connectivity index (χ1v) is 9.48. The highest BCUT2D eigenvalue weighted by Gasteiger charge is 2.34. The van der Waals surface area contributed by atoms with Gasteiger partial charge in [0, 0.05) is 26.7 Å². The highest BCUT2D eigenvalue weighted by atomic mass is 32.1. The Kier molecular flexibility index (Phi) is 5.68. The molecular weight excluding hydrogens is 348 g/mol. The van der Waals surface area contributed by atoms with Gasteiger partial charge in [0.2, 0.25) is 0 Å². The Labute approximate surface area is 156 Å². The number of carbonyl (C=O) groups is 2. The highest BCUT2D eigenvalue weighted by molar-refractivity contribution is 7.07. The van der Waals surface area contributed by atoms with Crippen molar-refractivity contribution in [1.29, 1.82) is 0 Å². The smallest absolute Gasteiger partial charge is 0.261 e. The molecular formula is C19H22N4O2S. The monoisotopic (exact) mass is 370 g/mol. The molecule has 26 heavy (non-hydrogen) atoms. The van der Waals surface area contributed by atoms with Gasteiger partial charge in [-0.25, -0.2) is 0 Å². The van der Waals surface area contributed by atoms with Crippen molar-refractivity contribution in [2.75, 3.05) is 26.7 Å². The van der Waals surface area contributed by atoms with Gasteiger partial charge in [-0.3, -0.25) is 19.5 Å². The quantitative estimate of drug-likeness (QED) is 0.465. The number of aliphatic imine (C=N–C) groups is 1. The van der Waals surface area contributed by atoms with E-state index in [4.69, 9.17) is 0 Å². The fourth-order valence-corrected chi connectivity index (χ4v) is 3.65. The summed E-state index contributed by atoms with van der Waals surface area (Å²) in [5.74, 6) is 0.558. The van der Waals surface area contributed by atoms with Crippen LogP contribution in [0, 0.1) is 0 Å². The Balaban J connectivity index is 1.48. The summed E-state index contributed by atoms with van der Waals surface area (Å²) in [5.41, 5.74) is 2.25. The third-order valence-corrected chi connectivity index (χ3v) is 5.12. The summed E-state index contributed by atoms with van der Waals surface area (Å²) in [6, 6.07) is 9.04. The molecule has 136 valence electrons. The predicted octanol–water partition coefficient (Wildman–Crippen LogP) is 2.31. The first-order valence-electron chi connectivity index (χ1n) is 8.53. The van der Waals surface area contributed by atoms with Crippen molar-refractivity contribution < 1.29 is 9.59 Å². The SMILES string of the molecule is CN=C(NCCN1C(=O)c2ccccc2C1=O)NCC(C)c1ccsc1. The van der Waals surface area contributed by atoms with Crippen molar-refractivity contribution in [2.45, 2.75) is 12.8 Å². The van der Waals surface area contributed by atoms with Gasteiger partial charge in [0.15, 0.2) is 5.96 Å². The summed E-state index contributed by atoms with van der Waals surface area (Å²) in [7, 11) is 1.70. The first-order chi connectivity index (χ1) is 12.6. The van der Waals surface area contributed by atoms with Crippen LogP contribution in [-0.4, -0.2) is 49.4 Å². The van der Waals surface area contributed by atoms with Gasteiger partial charge in [0.05, 0.1) is 11.1 Å². The van der Waals surface area contributed by atoms with Crippen LogP contribution in [-0.2, 0) is 0 Å². The number of imide groups is 1. The highest BCUT2D eigenvalue weighted by Crippen LogP contribution is 2.21. The number of guanidine groups is 1. The Morgan fingerprint density at radius 1 is 1.15 bits per heavy atom. The van der Waals surface area contributed by atoms with Crippen LogP contribution in [0.2, 0.25) is 0 Å². The number of fused-ring (bicyclic) bond motifs is 1. The minimum absolute atomic E-state index is 0.235. The lowest BCUT2D eigenvalue weighted by Gasteiger charge is -2.18. The number of nitrogens with one attached hydrogen (secondary N) is 2. The van der Waals surface area contributed by atoms with Crippen LogP contribution < -0.4 is 10.6 Å². The molecule has 0 fully saturated rings. The van der Waals surface area contributed by atoms with Gasteiger partial charge >= 0.3 is 0 Å². The van der Waals surface area contributed by atoms with Crippen LogP contribution in [0.3, 0.4) is 0 Å². The zero-order chi connectivity index (χ0) is 18.5. The summed E-state index contributed by atoms with van der Waals surface area (Å²) in [6.45, 7) is 3.65. The number of thiophene rings is 1. The molecule has 0 saturated carbocycles. The molecule has 0 radical (unpaired) electrons. The second kappa shape index (κ2) is 8.14. The third-order valence-electron chi connectivity index (χ3n) is 4.42. The molecule has 6 nitrogen and oxygen atoms in total. The molecule has 0 bridgehead atoms. The van der Waals surface area contributed by atoms with Crippen molar-refractivity contribution in [2.24, 2.45) is 4.99 Å². The van der Waals surface area contributed by atoms with Crippen molar-refractivity contribution in [3.8, 4) is 0 Å². The lowest BCUT2D eigenvalue weighted by Crippen LogP contribution is -2.43. The maximum atomic E-state index is 12.3. The Morgan fingerprint density at radius 3 is 2.42 bits per heavy atom. The second-order valence-corrected chi connectivity index (χ2v) is 6.93. The Bertz CT molecular complexity index is 782. The van der Waals surface area contributed by atoms with Gasteiger partial charge < -0.3 is 10.6 Å². The number of hydrogen-bond donors (Lipinski definition) is 2. The van der Waals surface area contributed by atoms with Gasteiger partial charge in [-0.05, 0) is 40.4 Å². The van der Waals surface area contributed by atoms with Gasteiger partial charge in [-0.1, -0.05) is 19.1 Å². The average Bonchev–Trinajstić information content (AvgIpc) is 3.28. The van der Waals surface area contributed by atoms with Crippen LogP contribution in [0.25, 0.3) is 0 Å². The average molecular weight is 370 g/mol. The predicted molar refractivity (Wildman–Crippen MR) is 104 cm³/mol. The molecule has 3 rings (SSSR count). The van der Waals surface area contributed by atoms with Gasteiger partial charge in [0.25, 0.3) is 11.8 Å². The molecule has 2 heterocycles. The van der Waals surface area contributed by atoms with Crippen LogP contribution in [0.15, 0.2) is 46.1 Å². The molecule has 1 aliphatic rings. The standard InChI is InChI=1S/C19H22N4O2S/c1-13(14-7-10-26-12-14)11-22-19(20-2)21-8-9-23-17(24)15-5-3-4-6-16(15)18(23)25/h3-7,10,12-13H,8-9,11H2,1-2H3,(H2,20,21,22). The van der Waals surface area contributed by atoms with E-state index < -0.39 is 0 Å². The Morgan fingerprint density at radius 2 is 1.85 bits per heavy atom. The van der Waals surface area contributed by atoms with Crippen molar-refractivity contribution in [3.05, 3.63) is 57.8 Å². The molecule has 2 amide bonds. The Hall–Kier alpha value is -2.67. The van der Waals surface area contributed by atoms with Gasteiger partial charge in [-0.2, -0.15) is 11.3 Å². The van der Waals surface area contributed by atoms with Crippen LogP contribution in [0.1, 0.15) is 39.1 Å². The maximum absolute atomic E-state index is 12.3. The van der Waals surface area contributed by atoms with E-state index in [0.717, 1.165) is 6.54 Å². The summed E-state index contributed by atoms with van der Waals surface area (Å²) in [6.07, 6.45) is 0. The number of rotatable bonds is 6. The molecule has 1 atom stereocenters. The molecule has 1 aliphatic heterocycles. The molecule has 7 heteroatoms. The number of benzene rings is 1. The lowest BCUT2D eigenvalue weighted by molar-refractivity contribution is 0.0657. The normalized spacial score (nSPS) is 15.2. The molecule has 0 aliphatic carbocycles. The maximum Gasteiger partial charge on any atom is 0.261 e.